The minimum absolute atomic E-state index is 0.0184. The highest BCUT2D eigenvalue weighted by molar-refractivity contribution is 9.09. The molecule has 21 heteroatoms. The van der Waals surface area contributed by atoms with Gasteiger partial charge in [0.2, 0.25) is 17.7 Å². The van der Waals surface area contributed by atoms with Gasteiger partial charge in [0.05, 0.1) is 157 Å². The van der Waals surface area contributed by atoms with Crippen LogP contribution in [0.1, 0.15) is 32.1 Å². The highest BCUT2D eigenvalue weighted by atomic mass is 79.9. The molecule has 0 aliphatic rings. The van der Waals surface area contributed by atoms with Gasteiger partial charge in [-0.25, -0.2) is 4.79 Å². The molecule has 342 valence electrons. The zero-order valence-electron chi connectivity index (χ0n) is 34.4. The summed E-state index contributed by atoms with van der Waals surface area (Å²) in [7, 11) is 1.64. The first-order valence-corrected chi connectivity index (χ1v) is 21.0. The molecule has 0 aliphatic heterocycles. The molecule has 0 heterocycles. The van der Waals surface area contributed by atoms with E-state index in [9.17, 15) is 24.3 Å². The average Bonchev–Trinajstić information content (AvgIpc) is 3.21. The summed E-state index contributed by atoms with van der Waals surface area (Å²) in [6.07, 6.45) is 1.45. The number of hydrogen-bond acceptors (Lipinski definition) is 16. The fourth-order valence-corrected chi connectivity index (χ4v) is 4.48. The third kappa shape index (κ3) is 43.5. The lowest BCUT2D eigenvalue weighted by atomic mass is 10.1. The molecule has 0 aromatic rings. The molecule has 0 aromatic carbocycles. The van der Waals surface area contributed by atoms with Crippen LogP contribution in [0.5, 0.6) is 0 Å². The number of nitrogens with one attached hydrogen (secondary N) is 3. The molecule has 0 spiro atoms. The van der Waals surface area contributed by atoms with E-state index >= 15 is 0 Å². The second kappa shape index (κ2) is 46.0. The van der Waals surface area contributed by atoms with Crippen LogP contribution in [0.2, 0.25) is 0 Å². The number of methoxy groups -OCH3 is 1. The number of rotatable bonds is 47. The van der Waals surface area contributed by atoms with Gasteiger partial charge >= 0.3 is 5.97 Å². The van der Waals surface area contributed by atoms with Gasteiger partial charge in [0, 0.05) is 33.0 Å². The summed E-state index contributed by atoms with van der Waals surface area (Å²) in [6, 6.07) is -1.02. The number of carboxylic acids is 1. The van der Waals surface area contributed by atoms with Gasteiger partial charge in [-0.2, -0.15) is 0 Å². The topological polar surface area (TPSA) is 235 Å². The van der Waals surface area contributed by atoms with E-state index in [4.69, 9.17) is 56.8 Å². The van der Waals surface area contributed by atoms with Crippen LogP contribution >= 0.6 is 15.9 Å². The Morgan fingerprint density at radius 1 is 0.448 bits per heavy atom. The molecule has 0 radical (unpaired) electrons. The number of amides is 3. The maximum Gasteiger partial charge on any atom is 0.326 e. The smallest absolute Gasteiger partial charge is 0.326 e. The van der Waals surface area contributed by atoms with Crippen molar-refractivity contribution < 1.29 is 81.1 Å². The minimum Gasteiger partial charge on any atom is -0.480 e. The third-order valence-electron chi connectivity index (χ3n) is 7.30. The molecule has 0 rings (SSSR count). The van der Waals surface area contributed by atoms with E-state index in [0.29, 0.717) is 158 Å². The molecule has 4 N–H and O–H groups in total. The molecule has 0 bridgehead atoms. The lowest BCUT2D eigenvalue weighted by molar-refractivity contribution is -0.142. The van der Waals surface area contributed by atoms with Gasteiger partial charge < -0.3 is 77.9 Å². The van der Waals surface area contributed by atoms with Crippen molar-refractivity contribution in [2.45, 2.75) is 38.1 Å². The highest BCUT2D eigenvalue weighted by Crippen LogP contribution is 2.02. The Morgan fingerprint density at radius 2 is 0.793 bits per heavy atom. The van der Waals surface area contributed by atoms with Gasteiger partial charge in [0.1, 0.15) is 6.04 Å². The predicted molar refractivity (Wildman–Crippen MR) is 213 cm³/mol. The molecule has 0 fully saturated rings. The number of unbranched alkanes of at least 4 members (excludes halogenated alkanes) is 1. The van der Waals surface area contributed by atoms with Gasteiger partial charge in [-0.05, 0) is 19.3 Å². The molecule has 0 saturated heterocycles. The van der Waals surface area contributed by atoms with Gasteiger partial charge in [0.25, 0.3) is 0 Å². The van der Waals surface area contributed by atoms with Gasteiger partial charge in [-0.3, -0.25) is 14.4 Å². The molecule has 0 aliphatic carbocycles. The van der Waals surface area contributed by atoms with Crippen LogP contribution in [-0.4, -0.2) is 212 Å². The molecule has 0 aromatic heterocycles. The number of ether oxygens (including phenoxy) is 12. The van der Waals surface area contributed by atoms with Crippen LogP contribution in [0.4, 0.5) is 0 Å². The first kappa shape index (κ1) is 55.9. The normalized spacial score (nSPS) is 11.8. The highest BCUT2D eigenvalue weighted by Gasteiger charge is 2.19. The fourth-order valence-electron chi connectivity index (χ4n) is 4.28. The average molecular weight is 909 g/mol. The second-order valence-corrected chi connectivity index (χ2v) is 12.6. The number of carbonyl (C=O) groups is 4. The van der Waals surface area contributed by atoms with Crippen molar-refractivity contribution in [3.8, 4) is 0 Å². The van der Waals surface area contributed by atoms with Crippen LogP contribution < -0.4 is 16.0 Å². The van der Waals surface area contributed by atoms with Crippen molar-refractivity contribution in [2.24, 2.45) is 0 Å². The van der Waals surface area contributed by atoms with Crippen LogP contribution in [-0.2, 0) is 76.0 Å². The van der Waals surface area contributed by atoms with Crippen molar-refractivity contribution in [3.05, 3.63) is 0 Å². The second-order valence-electron chi connectivity index (χ2n) is 12.0. The van der Waals surface area contributed by atoms with Gasteiger partial charge in [0.15, 0.2) is 0 Å². The first-order chi connectivity index (χ1) is 28.4. The van der Waals surface area contributed by atoms with Crippen molar-refractivity contribution in [1.29, 1.82) is 0 Å². The van der Waals surface area contributed by atoms with Crippen molar-refractivity contribution in [2.75, 3.05) is 177 Å². The van der Waals surface area contributed by atoms with Crippen LogP contribution in [0, 0.1) is 0 Å². The Labute approximate surface area is 351 Å². The molecule has 0 saturated carbocycles. The fraction of sp³-hybridized carbons (Fsp3) is 0.892. The Balaban J connectivity index is 3.36. The van der Waals surface area contributed by atoms with Crippen LogP contribution in [0.3, 0.4) is 0 Å². The Hall–Kier alpha value is -2.12. The van der Waals surface area contributed by atoms with E-state index in [1.165, 1.54) is 0 Å². The molecular formula is C37H70BrN3O17. The van der Waals surface area contributed by atoms with Gasteiger partial charge in [-0.15, -0.1) is 0 Å². The molecule has 58 heavy (non-hydrogen) atoms. The van der Waals surface area contributed by atoms with Crippen molar-refractivity contribution in [1.82, 2.24) is 16.0 Å². The summed E-state index contributed by atoms with van der Waals surface area (Å²) in [6.45, 7) is 11.0. The molecular weight excluding hydrogens is 838 g/mol. The summed E-state index contributed by atoms with van der Waals surface area (Å²) in [5.41, 5.74) is 0. The van der Waals surface area contributed by atoms with E-state index in [0.717, 1.165) is 0 Å². The zero-order valence-corrected chi connectivity index (χ0v) is 35.9. The summed E-state index contributed by atoms with van der Waals surface area (Å²) in [5.74, 6) is -1.95. The maximum atomic E-state index is 12.2. The van der Waals surface area contributed by atoms with Crippen LogP contribution in [0.15, 0.2) is 0 Å². The SMILES string of the molecule is COCCOCCOCCOCCOCCOCCOCCOCCOCCOCCOCCOCCC(=O)N[C@@H](CCCCNC(=O)CCNC(=O)CBr)C(=O)O. The Morgan fingerprint density at radius 3 is 1.14 bits per heavy atom. The van der Waals surface area contributed by atoms with E-state index < -0.39 is 17.9 Å². The monoisotopic (exact) mass is 907 g/mol. The lowest BCUT2D eigenvalue weighted by Gasteiger charge is -2.15. The Bertz CT molecular complexity index is 960. The first-order valence-electron chi connectivity index (χ1n) is 19.9. The summed E-state index contributed by atoms with van der Waals surface area (Å²) in [4.78, 5) is 46.6. The number of hydrogen-bond donors (Lipinski definition) is 4. The number of carbonyl (C=O) groups excluding carboxylic acids is 3. The van der Waals surface area contributed by atoms with Crippen molar-refractivity contribution >= 4 is 39.6 Å². The molecule has 1 atom stereocenters. The zero-order chi connectivity index (χ0) is 42.4. The van der Waals surface area contributed by atoms with E-state index in [1.807, 2.05) is 0 Å². The van der Waals surface area contributed by atoms with Gasteiger partial charge in [-0.1, -0.05) is 15.9 Å². The predicted octanol–water partition coefficient (Wildman–Crippen LogP) is -0.0374. The maximum absolute atomic E-state index is 12.2. The van der Waals surface area contributed by atoms with E-state index in [-0.39, 0.29) is 56.2 Å². The molecule has 0 unspecified atom stereocenters. The van der Waals surface area contributed by atoms with Crippen LogP contribution in [0.25, 0.3) is 0 Å². The lowest BCUT2D eigenvalue weighted by Crippen LogP contribution is -2.41. The van der Waals surface area contributed by atoms with E-state index in [2.05, 4.69) is 31.9 Å². The number of carboxylic acid groups (broad SMARTS) is 1. The third-order valence-corrected chi connectivity index (χ3v) is 7.81. The number of alkyl halides is 1. The van der Waals surface area contributed by atoms with Crippen molar-refractivity contribution in [3.63, 3.8) is 0 Å². The minimum atomic E-state index is -1.12. The summed E-state index contributed by atoms with van der Waals surface area (Å²) in [5, 5.41) is 17.4. The number of halogens is 1. The molecule has 3 amide bonds. The quantitative estimate of drug-likeness (QED) is 0.0463. The van der Waals surface area contributed by atoms with E-state index in [1.54, 1.807) is 7.11 Å². The standard InChI is InChI=1S/C37H70BrN3O17/c1-47-10-11-49-14-15-51-18-19-53-22-23-55-26-27-57-30-31-58-29-28-56-25-24-54-21-20-52-17-16-50-13-12-48-9-6-35(43)41-33(37(45)46)4-2-3-7-39-34(42)5-8-40-36(44)32-38/h33H,2-32H2,1H3,(H,39,42)(H,40,44)(H,41,43)(H,45,46)/t33-/m0/s1. The molecule has 20 nitrogen and oxygen atoms in total. The Kier molecular flexibility index (Phi) is 44.3. The summed E-state index contributed by atoms with van der Waals surface area (Å²) < 4.78 is 64.7. The number of aliphatic carboxylic acids is 1. The summed E-state index contributed by atoms with van der Waals surface area (Å²) >= 11 is 3.02. The largest absolute Gasteiger partial charge is 0.480 e.